The van der Waals surface area contributed by atoms with Gasteiger partial charge in [0.1, 0.15) is 0 Å². The summed E-state index contributed by atoms with van der Waals surface area (Å²) < 4.78 is 1.27. The first-order chi connectivity index (χ1) is 7.34. The topological polar surface area (TPSA) is 12.0 Å². The molecule has 0 saturated heterocycles. The Bertz CT molecular complexity index is 525. The predicted molar refractivity (Wildman–Crippen MR) is 73.0 cm³/mol. The van der Waals surface area contributed by atoms with E-state index in [1.807, 2.05) is 11.8 Å². The fourth-order valence-corrected chi connectivity index (χ4v) is 3.46. The smallest absolute Gasteiger partial charge is 0.0661 e. The summed E-state index contributed by atoms with van der Waals surface area (Å²) in [7, 11) is 0. The molecule has 0 bridgehead atoms. The molecule has 0 amide bonds. The van der Waals surface area contributed by atoms with Crippen molar-refractivity contribution in [1.29, 1.82) is 0 Å². The summed E-state index contributed by atoms with van der Waals surface area (Å²) in [5.41, 5.74) is 2.45. The lowest BCUT2D eigenvalue weighted by atomic mass is 10.2. The number of nitrogens with one attached hydrogen (secondary N) is 1. The minimum atomic E-state index is 1.21. The van der Waals surface area contributed by atoms with E-state index in [4.69, 9.17) is 0 Å². The van der Waals surface area contributed by atoms with E-state index >= 15 is 0 Å². The van der Waals surface area contributed by atoms with Crippen LogP contribution in [0.15, 0.2) is 52.3 Å². The molecule has 0 unspecified atom stereocenters. The van der Waals surface area contributed by atoms with Crippen molar-refractivity contribution in [2.24, 2.45) is 0 Å². The number of anilines is 2. The molecular formula is C12H8INS. The second-order valence-electron chi connectivity index (χ2n) is 3.34. The Morgan fingerprint density at radius 1 is 0.933 bits per heavy atom. The average Bonchev–Trinajstić information content (AvgIpc) is 2.27. The number of hydrogen-bond acceptors (Lipinski definition) is 2. The third kappa shape index (κ3) is 1.63. The number of fused-ring (bicyclic) bond motifs is 2. The molecule has 2 aromatic carbocycles. The van der Waals surface area contributed by atoms with Crippen LogP contribution < -0.4 is 5.32 Å². The van der Waals surface area contributed by atoms with Crippen molar-refractivity contribution in [2.45, 2.75) is 9.79 Å². The zero-order valence-electron chi connectivity index (χ0n) is 7.83. The van der Waals surface area contributed by atoms with Crippen LogP contribution >= 0.6 is 34.4 Å². The fraction of sp³-hybridized carbons (Fsp3) is 0. The summed E-state index contributed by atoms with van der Waals surface area (Å²) in [6.45, 7) is 0. The molecule has 0 saturated carbocycles. The van der Waals surface area contributed by atoms with Gasteiger partial charge in [0.2, 0.25) is 0 Å². The van der Waals surface area contributed by atoms with Gasteiger partial charge in [-0.15, -0.1) is 0 Å². The predicted octanol–water partition coefficient (Wildman–Crippen LogP) is 4.50. The van der Waals surface area contributed by atoms with Crippen LogP contribution in [0, 0.1) is 3.57 Å². The van der Waals surface area contributed by atoms with Gasteiger partial charge in [0.15, 0.2) is 0 Å². The molecule has 1 nitrogen and oxygen atoms in total. The zero-order valence-corrected chi connectivity index (χ0v) is 10.8. The lowest BCUT2D eigenvalue weighted by Crippen LogP contribution is -2.00. The largest absolute Gasteiger partial charge is 0.353 e. The second-order valence-corrected chi connectivity index (χ2v) is 5.58. The van der Waals surface area contributed by atoms with Gasteiger partial charge in [0.25, 0.3) is 0 Å². The number of benzene rings is 2. The summed E-state index contributed by atoms with van der Waals surface area (Å²) in [5, 5.41) is 3.48. The number of para-hydroxylation sites is 2. The van der Waals surface area contributed by atoms with E-state index in [1.54, 1.807) is 0 Å². The highest BCUT2D eigenvalue weighted by Crippen LogP contribution is 2.45. The number of hydrogen-bond donors (Lipinski definition) is 1. The van der Waals surface area contributed by atoms with Crippen molar-refractivity contribution in [1.82, 2.24) is 0 Å². The molecule has 3 heteroatoms. The molecular weight excluding hydrogens is 317 g/mol. The molecule has 74 valence electrons. The normalized spacial score (nSPS) is 12.6. The lowest BCUT2D eigenvalue weighted by Gasteiger charge is -2.21. The molecule has 0 fully saturated rings. The lowest BCUT2D eigenvalue weighted by molar-refractivity contribution is 1.30. The molecule has 1 aliphatic heterocycles. The van der Waals surface area contributed by atoms with Crippen LogP contribution in [0.3, 0.4) is 0 Å². The summed E-state index contributed by atoms with van der Waals surface area (Å²) in [6.07, 6.45) is 0. The van der Waals surface area contributed by atoms with Gasteiger partial charge in [0, 0.05) is 13.4 Å². The van der Waals surface area contributed by atoms with Crippen LogP contribution in [0.25, 0.3) is 0 Å². The minimum Gasteiger partial charge on any atom is -0.353 e. The van der Waals surface area contributed by atoms with E-state index < -0.39 is 0 Å². The monoisotopic (exact) mass is 325 g/mol. The molecule has 1 heterocycles. The van der Waals surface area contributed by atoms with Gasteiger partial charge in [-0.2, -0.15) is 0 Å². The molecule has 0 aromatic heterocycles. The number of rotatable bonds is 0. The molecule has 0 spiro atoms. The maximum atomic E-state index is 3.48. The van der Waals surface area contributed by atoms with Gasteiger partial charge in [-0.3, -0.25) is 0 Å². The Morgan fingerprint density at radius 3 is 2.67 bits per heavy atom. The van der Waals surface area contributed by atoms with E-state index in [0.29, 0.717) is 0 Å². The first kappa shape index (κ1) is 9.54. The van der Waals surface area contributed by atoms with E-state index in [1.165, 1.54) is 24.7 Å². The second kappa shape index (κ2) is 3.72. The Kier molecular flexibility index (Phi) is 2.36. The van der Waals surface area contributed by atoms with Gasteiger partial charge in [-0.25, -0.2) is 0 Å². The van der Waals surface area contributed by atoms with Crippen LogP contribution in [-0.2, 0) is 0 Å². The molecule has 1 aliphatic rings. The van der Waals surface area contributed by atoms with E-state index in [9.17, 15) is 0 Å². The minimum absolute atomic E-state index is 1.21. The summed E-state index contributed by atoms with van der Waals surface area (Å²) >= 11 is 4.20. The highest BCUT2D eigenvalue weighted by molar-refractivity contribution is 14.1. The van der Waals surface area contributed by atoms with E-state index in [2.05, 4.69) is 70.4 Å². The molecule has 2 aromatic rings. The van der Waals surface area contributed by atoms with Crippen molar-refractivity contribution in [3.63, 3.8) is 0 Å². The first-order valence-corrected chi connectivity index (χ1v) is 6.56. The Morgan fingerprint density at radius 2 is 1.73 bits per heavy atom. The van der Waals surface area contributed by atoms with Gasteiger partial charge in [-0.05, 0) is 46.9 Å². The van der Waals surface area contributed by atoms with Crippen LogP contribution in [0.1, 0.15) is 0 Å². The average molecular weight is 325 g/mol. The van der Waals surface area contributed by atoms with Gasteiger partial charge < -0.3 is 5.32 Å². The summed E-state index contributed by atoms with van der Waals surface area (Å²) in [6, 6.07) is 14.8. The Hall–Kier alpha value is -0.680. The van der Waals surface area contributed by atoms with Crippen molar-refractivity contribution in [3.05, 3.63) is 46.0 Å². The molecule has 3 rings (SSSR count). The molecule has 0 radical (unpaired) electrons. The quantitative estimate of drug-likeness (QED) is 0.611. The maximum absolute atomic E-state index is 3.48. The molecule has 15 heavy (non-hydrogen) atoms. The van der Waals surface area contributed by atoms with Crippen molar-refractivity contribution in [3.8, 4) is 0 Å². The van der Waals surface area contributed by atoms with E-state index in [-0.39, 0.29) is 0 Å². The maximum Gasteiger partial charge on any atom is 0.0661 e. The van der Waals surface area contributed by atoms with Crippen LogP contribution in [0.5, 0.6) is 0 Å². The summed E-state index contributed by atoms with van der Waals surface area (Å²) in [4.78, 5) is 2.60. The van der Waals surface area contributed by atoms with Crippen molar-refractivity contribution < 1.29 is 0 Å². The zero-order chi connectivity index (χ0) is 10.3. The van der Waals surface area contributed by atoms with Crippen molar-refractivity contribution in [2.75, 3.05) is 5.32 Å². The highest BCUT2D eigenvalue weighted by Gasteiger charge is 2.16. The Balaban J connectivity index is 2.15. The SMILES string of the molecule is Ic1cccc2c1Nc1ccccc1S2. The van der Waals surface area contributed by atoms with E-state index in [0.717, 1.165) is 0 Å². The first-order valence-electron chi connectivity index (χ1n) is 4.67. The van der Waals surface area contributed by atoms with Gasteiger partial charge in [-0.1, -0.05) is 30.0 Å². The van der Waals surface area contributed by atoms with Crippen LogP contribution in [-0.4, -0.2) is 0 Å². The highest BCUT2D eigenvalue weighted by atomic mass is 127. The van der Waals surface area contributed by atoms with Crippen molar-refractivity contribution >= 4 is 45.7 Å². The third-order valence-electron chi connectivity index (χ3n) is 2.34. The van der Waals surface area contributed by atoms with Gasteiger partial charge >= 0.3 is 0 Å². The molecule has 0 atom stereocenters. The van der Waals surface area contributed by atoms with Crippen LogP contribution in [0.2, 0.25) is 0 Å². The van der Waals surface area contributed by atoms with Gasteiger partial charge in [0.05, 0.1) is 11.4 Å². The third-order valence-corrected chi connectivity index (χ3v) is 4.38. The fourth-order valence-electron chi connectivity index (χ4n) is 1.62. The standard InChI is InChI=1S/C12H8INS/c13-8-4-3-7-11-12(8)14-9-5-1-2-6-10(9)15-11/h1-7,14H. The number of halogens is 1. The van der Waals surface area contributed by atoms with Crippen LogP contribution in [0.4, 0.5) is 11.4 Å². The molecule has 0 aliphatic carbocycles. The Labute approximate surface area is 106 Å². The molecule has 1 N–H and O–H groups in total. The summed E-state index contributed by atoms with van der Waals surface area (Å²) in [5.74, 6) is 0.